The number of anilines is 1. The average Bonchev–Trinajstić information content (AvgIpc) is 2.61. The van der Waals surface area contributed by atoms with E-state index in [0.29, 0.717) is 16.8 Å². The van der Waals surface area contributed by atoms with Crippen LogP contribution in [-0.2, 0) is 9.59 Å². The Kier molecular flexibility index (Phi) is 2.98. The third-order valence-electron chi connectivity index (χ3n) is 2.92. The smallest absolute Gasteiger partial charge is 0.266 e. The molecule has 0 N–H and O–H groups in total. The summed E-state index contributed by atoms with van der Waals surface area (Å²) in [6, 6.07) is 7.26. The van der Waals surface area contributed by atoms with E-state index in [0.717, 1.165) is 5.56 Å². The molecule has 1 aromatic rings. The van der Waals surface area contributed by atoms with Crippen molar-refractivity contribution in [2.75, 3.05) is 4.90 Å². The molecule has 0 aromatic heterocycles. The van der Waals surface area contributed by atoms with E-state index in [1.165, 1.54) is 17.1 Å². The lowest BCUT2D eigenvalue weighted by Gasteiger charge is -2.17. The summed E-state index contributed by atoms with van der Waals surface area (Å²) >= 11 is 0. The number of para-hydroxylation sites is 1. The van der Waals surface area contributed by atoms with Crippen molar-refractivity contribution < 1.29 is 9.59 Å². The molecule has 0 unspecified atom stereocenters. The summed E-state index contributed by atoms with van der Waals surface area (Å²) in [6.45, 7) is 9.00. The average molecular weight is 239 g/mol. The third-order valence-corrected chi connectivity index (χ3v) is 2.92. The van der Waals surface area contributed by atoms with Gasteiger partial charge in [0.2, 0.25) is 0 Å². The molecule has 0 bridgehead atoms. The van der Waals surface area contributed by atoms with E-state index < -0.39 is 0 Å². The van der Waals surface area contributed by atoms with E-state index in [9.17, 15) is 9.59 Å². The summed E-state index contributed by atoms with van der Waals surface area (Å²) in [5.74, 6) is -0.696. The molecule has 0 fully saturated rings. The zero-order valence-electron chi connectivity index (χ0n) is 10.1. The van der Waals surface area contributed by atoms with Gasteiger partial charge in [0.25, 0.3) is 11.8 Å². The predicted octanol–water partition coefficient (Wildman–Crippen LogP) is 2.54. The maximum Gasteiger partial charge on any atom is 0.266 e. The van der Waals surface area contributed by atoms with Crippen molar-refractivity contribution in [1.29, 1.82) is 0 Å². The van der Waals surface area contributed by atoms with Crippen LogP contribution >= 0.6 is 0 Å². The highest BCUT2D eigenvalue weighted by atomic mass is 16.2. The highest BCUT2D eigenvalue weighted by Gasteiger charge is 2.36. The first kappa shape index (κ1) is 12.0. The Hall–Kier alpha value is -2.42. The van der Waals surface area contributed by atoms with Gasteiger partial charge in [-0.3, -0.25) is 9.59 Å². The van der Waals surface area contributed by atoms with Gasteiger partial charge in [-0.2, -0.15) is 0 Å². The molecule has 0 spiro atoms. The van der Waals surface area contributed by atoms with Gasteiger partial charge >= 0.3 is 0 Å². The van der Waals surface area contributed by atoms with Gasteiger partial charge in [0.1, 0.15) is 0 Å². The van der Waals surface area contributed by atoms with E-state index in [1.807, 2.05) is 19.1 Å². The molecule has 18 heavy (non-hydrogen) atoms. The van der Waals surface area contributed by atoms with Gasteiger partial charge in [0.15, 0.2) is 0 Å². The van der Waals surface area contributed by atoms with Gasteiger partial charge in [-0.15, -0.1) is 0 Å². The van der Waals surface area contributed by atoms with Crippen molar-refractivity contribution in [2.45, 2.75) is 6.92 Å². The minimum absolute atomic E-state index is 0.304. The van der Waals surface area contributed by atoms with Crippen molar-refractivity contribution in [1.82, 2.24) is 0 Å². The molecular formula is C15H13NO2. The first-order valence-electron chi connectivity index (χ1n) is 5.55. The third kappa shape index (κ3) is 1.61. The molecule has 0 aliphatic carbocycles. The second-order valence-corrected chi connectivity index (χ2v) is 3.97. The number of amides is 2. The van der Waals surface area contributed by atoms with Gasteiger partial charge in [0, 0.05) is 0 Å². The Balaban J connectivity index is 2.55. The van der Waals surface area contributed by atoms with Crippen LogP contribution in [0.4, 0.5) is 5.69 Å². The van der Waals surface area contributed by atoms with Crippen LogP contribution in [-0.4, -0.2) is 11.8 Å². The molecule has 0 saturated carbocycles. The monoisotopic (exact) mass is 239 g/mol. The zero-order chi connectivity index (χ0) is 13.3. The van der Waals surface area contributed by atoms with E-state index in [2.05, 4.69) is 13.2 Å². The molecule has 1 aromatic carbocycles. The second-order valence-electron chi connectivity index (χ2n) is 3.97. The molecule has 0 atom stereocenters. The molecule has 2 rings (SSSR count). The fraction of sp³-hybridized carbons (Fsp3) is 0.0667. The topological polar surface area (TPSA) is 37.4 Å². The highest BCUT2D eigenvalue weighted by Crippen LogP contribution is 2.29. The van der Waals surface area contributed by atoms with Crippen LogP contribution in [0.2, 0.25) is 0 Å². The van der Waals surface area contributed by atoms with Gasteiger partial charge in [0.05, 0.1) is 16.8 Å². The van der Waals surface area contributed by atoms with Gasteiger partial charge < -0.3 is 0 Å². The number of aryl methyl sites for hydroxylation is 1. The number of nitrogens with zero attached hydrogens (tertiary/aromatic N) is 1. The van der Waals surface area contributed by atoms with E-state index in [4.69, 9.17) is 0 Å². The van der Waals surface area contributed by atoms with Crippen molar-refractivity contribution in [3.05, 3.63) is 66.3 Å². The van der Waals surface area contributed by atoms with Gasteiger partial charge in [-0.05, 0) is 18.6 Å². The molecule has 2 amide bonds. The van der Waals surface area contributed by atoms with E-state index >= 15 is 0 Å². The molecular weight excluding hydrogens is 226 g/mol. The molecule has 1 aliphatic heterocycles. The summed E-state index contributed by atoms with van der Waals surface area (Å²) in [4.78, 5) is 25.6. The van der Waals surface area contributed by atoms with Crippen LogP contribution in [0.5, 0.6) is 0 Å². The Labute approximate surface area is 106 Å². The first-order chi connectivity index (χ1) is 8.61. The normalized spacial score (nSPS) is 15.3. The number of carbonyl (C=O) groups excluding carboxylic acids is 2. The fourth-order valence-corrected chi connectivity index (χ4v) is 1.99. The summed E-state index contributed by atoms with van der Waals surface area (Å²) < 4.78 is 0. The van der Waals surface area contributed by atoms with Gasteiger partial charge in [-0.25, -0.2) is 4.90 Å². The van der Waals surface area contributed by atoms with Crippen LogP contribution in [0, 0.1) is 6.92 Å². The first-order valence-corrected chi connectivity index (χ1v) is 5.55. The van der Waals surface area contributed by atoms with Crippen molar-refractivity contribution >= 4 is 17.5 Å². The van der Waals surface area contributed by atoms with Gasteiger partial charge in [-0.1, -0.05) is 43.5 Å². The highest BCUT2D eigenvalue weighted by molar-refractivity contribution is 6.34. The molecule has 3 nitrogen and oxygen atoms in total. The summed E-state index contributed by atoms with van der Waals surface area (Å²) in [7, 11) is 0. The molecule has 0 radical (unpaired) electrons. The van der Waals surface area contributed by atoms with Crippen molar-refractivity contribution in [3.8, 4) is 0 Å². The predicted molar refractivity (Wildman–Crippen MR) is 71.1 cm³/mol. The molecule has 90 valence electrons. The van der Waals surface area contributed by atoms with E-state index in [-0.39, 0.29) is 11.8 Å². The number of carbonyl (C=O) groups is 2. The minimum Gasteiger partial charge on any atom is -0.268 e. The summed E-state index contributed by atoms with van der Waals surface area (Å²) in [5, 5.41) is 0. The summed E-state index contributed by atoms with van der Waals surface area (Å²) in [6.07, 6.45) is 2.80. The lowest BCUT2D eigenvalue weighted by Crippen LogP contribution is -2.31. The number of rotatable bonds is 3. The molecule has 0 saturated heterocycles. The lowest BCUT2D eigenvalue weighted by atomic mass is 10.1. The molecule has 1 heterocycles. The summed E-state index contributed by atoms with van der Waals surface area (Å²) in [5.41, 5.74) is 2.08. The molecule has 1 aliphatic rings. The number of benzene rings is 1. The maximum absolute atomic E-state index is 12.2. The van der Waals surface area contributed by atoms with Crippen LogP contribution in [0.3, 0.4) is 0 Å². The largest absolute Gasteiger partial charge is 0.268 e. The number of hydrogen-bond donors (Lipinski definition) is 0. The molecule has 3 heteroatoms. The Morgan fingerprint density at radius 3 is 1.94 bits per heavy atom. The Morgan fingerprint density at radius 1 is 1.00 bits per heavy atom. The number of imide groups is 1. The standard InChI is InChI=1S/C15H13NO2/c1-4-11-12(5-2)15(18)16(14(11)17)13-9-7-6-8-10(13)3/h4-9H,1-2H2,3H3. The Bertz CT molecular complexity index is 566. The minimum atomic E-state index is -0.348. The van der Waals surface area contributed by atoms with Crippen molar-refractivity contribution in [3.63, 3.8) is 0 Å². The maximum atomic E-state index is 12.2. The van der Waals surface area contributed by atoms with Crippen LogP contribution < -0.4 is 4.90 Å². The van der Waals surface area contributed by atoms with Crippen LogP contribution in [0.1, 0.15) is 5.56 Å². The van der Waals surface area contributed by atoms with Crippen LogP contribution in [0.25, 0.3) is 0 Å². The van der Waals surface area contributed by atoms with Crippen molar-refractivity contribution in [2.24, 2.45) is 0 Å². The lowest BCUT2D eigenvalue weighted by molar-refractivity contribution is -0.120. The zero-order valence-corrected chi connectivity index (χ0v) is 10.1. The number of hydrogen-bond acceptors (Lipinski definition) is 2. The quantitative estimate of drug-likeness (QED) is 0.760. The Morgan fingerprint density at radius 2 is 1.50 bits per heavy atom. The van der Waals surface area contributed by atoms with E-state index in [1.54, 1.807) is 12.1 Å². The second kappa shape index (κ2) is 4.45. The SMILES string of the molecule is C=CC1=C(C=C)C(=O)N(c2ccccc2C)C1=O. The fourth-order valence-electron chi connectivity index (χ4n) is 1.99. The van der Waals surface area contributed by atoms with Crippen LogP contribution in [0.15, 0.2) is 60.7 Å².